The molecule has 0 saturated heterocycles. The smallest absolute Gasteiger partial charge is 0.137 e. The van der Waals surface area contributed by atoms with E-state index >= 15 is 0 Å². The molecule has 4 heteroatoms. The van der Waals surface area contributed by atoms with Crippen LogP contribution >= 0.6 is 15.9 Å². The van der Waals surface area contributed by atoms with Crippen molar-refractivity contribution in [2.24, 2.45) is 5.73 Å². The highest BCUT2D eigenvalue weighted by molar-refractivity contribution is 9.10. The van der Waals surface area contributed by atoms with Crippen LogP contribution in [-0.2, 0) is 0 Å². The lowest BCUT2D eigenvalue weighted by Gasteiger charge is -2.10. The minimum Gasteiger partial charge on any atom is -0.394 e. The van der Waals surface area contributed by atoms with Crippen LogP contribution in [0.2, 0.25) is 0 Å². The molecule has 1 aromatic carbocycles. The number of hydrogen-bond donors (Lipinski definition) is 2. The molecule has 0 aliphatic heterocycles. The van der Waals surface area contributed by atoms with Crippen molar-refractivity contribution < 1.29 is 9.50 Å². The van der Waals surface area contributed by atoms with Crippen molar-refractivity contribution in [2.75, 3.05) is 6.61 Å². The highest BCUT2D eigenvalue weighted by Gasteiger charge is 2.10. The van der Waals surface area contributed by atoms with Crippen molar-refractivity contribution in [1.82, 2.24) is 0 Å². The third-order valence-corrected chi connectivity index (χ3v) is 2.41. The SMILES string of the molecule is NC(CO)c1cccc(F)c1Br. The lowest BCUT2D eigenvalue weighted by Crippen LogP contribution is -2.15. The zero-order valence-electron chi connectivity index (χ0n) is 6.30. The molecule has 0 spiro atoms. The maximum Gasteiger partial charge on any atom is 0.137 e. The van der Waals surface area contributed by atoms with Gasteiger partial charge < -0.3 is 10.8 Å². The first kappa shape index (κ1) is 9.64. The third-order valence-electron chi connectivity index (χ3n) is 1.58. The fourth-order valence-electron chi connectivity index (χ4n) is 0.905. The van der Waals surface area contributed by atoms with Crippen LogP contribution < -0.4 is 5.73 Å². The Morgan fingerprint density at radius 1 is 1.58 bits per heavy atom. The Bertz CT molecular complexity index is 280. The summed E-state index contributed by atoms with van der Waals surface area (Å²) in [6, 6.07) is 4.03. The lowest BCUT2D eigenvalue weighted by molar-refractivity contribution is 0.267. The molecule has 2 nitrogen and oxygen atoms in total. The van der Waals surface area contributed by atoms with Crippen LogP contribution in [0.1, 0.15) is 11.6 Å². The Morgan fingerprint density at radius 2 is 2.25 bits per heavy atom. The average Bonchev–Trinajstić information content (AvgIpc) is 2.08. The molecule has 0 amide bonds. The topological polar surface area (TPSA) is 46.2 Å². The van der Waals surface area contributed by atoms with Crippen LogP contribution in [0.5, 0.6) is 0 Å². The Balaban J connectivity index is 3.07. The molecule has 1 unspecified atom stereocenters. The molecule has 1 atom stereocenters. The Kier molecular flexibility index (Phi) is 3.20. The van der Waals surface area contributed by atoms with Crippen LogP contribution in [0.3, 0.4) is 0 Å². The molecule has 3 N–H and O–H groups in total. The fourth-order valence-corrected chi connectivity index (χ4v) is 1.46. The Hall–Kier alpha value is -0.450. The largest absolute Gasteiger partial charge is 0.394 e. The van der Waals surface area contributed by atoms with Gasteiger partial charge in [-0.15, -0.1) is 0 Å². The van der Waals surface area contributed by atoms with E-state index in [0.717, 1.165) is 0 Å². The van der Waals surface area contributed by atoms with Gasteiger partial charge in [0.05, 0.1) is 17.1 Å². The predicted octanol–water partition coefficient (Wildman–Crippen LogP) is 1.58. The number of benzene rings is 1. The summed E-state index contributed by atoms with van der Waals surface area (Å²) in [5, 5.41) is 8.74. The number of aliphatic hydroxyl groups is 1. The molecule has 12 heavy (non-hydrogen) atoms. The minimum atomic E-state index is -0.532. The molecular weight excluding hydrogens is 225 g/mol. The molecular formula is C8H9BrFNO. The summed E-state index contributed by atoms with van der Waals surface area (Å²) in [5.41, 5.74) is 6.10. The van der Waals surface area contributed by atoms with Crippen LogP contribution in [-0.4, -0.2) is 11.7 Å². The quantitative estimate of drug-likeness (QED) is 0.815. The van der Waals surface area contributed by atoms with Crippen molar-refractivity contribution in [2.45, 2.75) is 6.04 Å². The van der Waals surface area contributed by atoms with Gasteiger partial charge in [0.25, 0.3) is 0 Å². The molecule has 0 aromatic heterocycles. The summed E-state index contributed by atoms with van der Waals surface area (Å²) >= 11 is 3.06. The van der Waals surface area contributed by atoms with Crippen molar-refractivity contribution >= 4 is 15.9 Å². The third kappa shape index (κ3) is 1.83. The van der Waals surface area contributed by atoms with E-state index in [1.165, 1.54) is 6.07 Å². The predicted molar refractivity (Wildman–Crippen MR) is 48.1 cm³/mol. The van der Waals surface area contributed by atoms with Gasteiger partial charge in [-0.3, -0.25) is 0 Å². The summed E-state index contributed by atoms with van der Waals surface area (Å²) in [6.07, 6.45) is 0. The van der Waals surface area contributed by atoms with Gasteiger partial charge >= 0.3 is 0 Å². The van der Waals surface area contributed by atoms with E-state index in [4.69, 9.17) is 10.8 Å². The van der Waals surface area contributed by atoms with E-state index in [9.17, 15) is 4.39 Å². The van der Waals surface area contributed by atoms with Gasteiger partial charge in [-0.2, -0.15) is 0 Å². The van der Waals surface area contributed by atoms with Gasteiger partial charge in [0.1, 0.15) is 5.82 Å². The normalized spacial score (nSPS) is 13.0. The van der Waals surface area contributed by atoms with Crippen LogP contribution in [0.15, 0.2) is 22.7 Å². The Labute approximate surface area is 78.3 Å². The van der Waals surface area contributed by atoms with E-state index in [1.807, 2.05) is 0 Å². The van der Waals surface area contributed by atoms with Crippen molar-refractivity contribution in [3.8, 4) is 0 Å². The van der Waals surface area contributed by atoms with Gasteiger partial charge in [-0.25, -0.2) is 4.39 Å². The summed E-state index contributed by atoms with van der Waals surface area (Å²) in [6.45, 7) is -0.192. The molecule has 0 heterocycles. The summed E-state index contributed by atoms with van der Waals surface area (Å²) in [4.78, 5) is 0. The zero-order valence-corrected chi connectivity index (χ0v) is 7.88. The molecule has 66 valence electrons. The van der Waals surface area contributed by atoms with Crippen molar-refractivity contribution in [3.63, 3.8) is 0 Å². The lowest BCUT2D eigenvalue weighted by atomic mass is 10.1. The zero-order chi connectivity index (χ0) is 9.14. The monoisotopic (exact) mass is 233 g/mol. The van der Waals surface area contributed by atoms with E-state index in [0.29, 0.717) is 10.0 Å². The molecule has 0 radical (unpaired) electrons. The molecule has 0 aliphatic carbocycles. The van der Waals surface area contributed by atoms with Gasteiger partial charge in [0.15, 0.2) is 0 Å². The maximum atomic E-state index is 12.9. The van der Waals surface area contributed by atoms with E-state index < -0.39 is 6.04 Å². The molecule has 0 aliphatic rings. The summed E-state index contributed by atoms with van der Waals surface area (Å²) in [7, 11) is 0. The van der Waals surface area contributed by atoms with Gasteiger partial charge in [-0.05, 0) is 27.6 Å². The summed E-state index contributed by atoms with van der Waals surface area (Å²) in [5.74, 6) is -0.364. The first-order valence-corrected chi connectivity index (χ1v) is 4.26. The first-order valence-electron chi connectivity index (χ1n) is 3.47. The highest BCUT2D eigenvalue weighted by Crippen LogP contribution is 2.24. The van der Waals surface area contributed by atoms with Crippen molar-refractivity contribution in [1.29, 1.82) is 0 Å². The number of nitrogens with two attached hydrogens (primary N) is 1. The number of aliphatic hydroxyl groups excluding tert-OH is 1. The molecule has 0 fully saturated rings. The van der Waals surface area contributed by atoms with Gasteiger partial charge in [0.2, 0.25) is 0 Å². The second-order valence-corrected chi connectivity index (χ2v) is 3.23. The minimum absolute atomic E-state index is 0.192. The fraction of sp³-hybridized carbons (Fsp3) is 0.250. The van der Waals surface area contributed by atoms with Crippen LogP contribution in [0.4, 0.5) is 4.39 Å². The van der Waals surface area contributed by atoms with E-state index in [2.05, 4.69) is 15.9 Å². The molecule has 0 saturated carbocycles. The van der Waals surface area contributed by atoms with E-state index in [-0.39, 0.29) is 12.4 Å². The number of hydrogen-bond acceptors (Lipinski definition) is 2. The second kappa shape index (κ2) is 3.98. The standard InChI is InChI=1S/C8H9BrFNO/c9-8-5(7(11)4-12)2-1-3-6(8)10/h1-3,7,12H,4,11H2. The summed E-state index contributed by atoms with van der Waals surface area (Å²) < 4.78 is 13.2. The highest BCUT2D eigenvalue weighted by atomic mass is 79.9. The van der Waals surface area contributed by atoms with Crippen LogP contribution in [0.25, 0.3) is 0 Å². The van der Waals surface area contributed by atoms with E-state index in [1.54, 1.807) is 12.1 Å². The average molecular weight is 234 g/mol. The van der Waals surface area contributed by atoms with Crippen LogP contribution in [0, 0.1) is 5.82 Å². The van der Waals surface area contributed by atoms with Crippen molar-refractivity contribution in [3.05, 3.63) is 34.1 Å². The van der Waals surface area contributed by atoms with Gasteiger partial charge in [0, 0.05) is 0 Å². The first-order chi connectivity index (χ1) is 5.66. The van der Waals surface area contributed by atoms with Gasteiger partial charge in [-0.1, -0.05) is 12.1 Å². The molecule has 1 rings (SSSR count). The number of rotatable bonds is 2. The number of halogens is 2. The molecule has 1 aromatic rings. The Morgan fingerprint density at radius 3 is 2.83 bits per heavy atom. The maximum absolute atomic E-state index is 12.9. The molecule has 0 bridgehead atoms. The second-order valence-electron chi connectivity index (χ2n) is 2.43.